The molecular formula is C28H27FN4O5S. The molecule has 0 unspecified atom stereocenters. The van der Waals surface area contributed by atoms with Crippen LogP contribution >= 0.6 is 0 Å². The number of nitriles is 1. The van der Waals surface area contributed by atoms with Crippen LogP contribution in [0.1, 0.15) is 41.3 Å². The second-order valence-corrected chi connectivity index (χ2v) is 10.5. The van der Waals surface area contributed by atoms with E-state index in [0.29, 0.717) is 47.1 Å². The Balaban J connectivity index is 1.52. The minimum absolute atomic E-state index is 0.0763. The number of hydrogen-bond acceptors (Lipinski definition) is 7. The van der Waals surface area contributed by atoms with Crippen molar-refractivity contribution >= 4 is 32.8 Å². The Morgan fingerprint density at radius 3 is 2.59 bits per heavy atom. The normalized spacial score (nSPS) is 11.2. The Hall–Kier alpha value is -4.43. The highest BCUT2D eigenvalue weighted by Crippen LogP contribution is 2.35. The van der Waals surface area contributed by atoms with Crippen LogP contribution in [0.15, 0.2) is 59.0 Å². The van der Waals surface area contributed by atoms with Gasteiger partial charge in [-0.2, -0.15) is 10.2 Å². The summed E-state index contributed by atoms with van der Waals surface area (Å²) in [6.07, 6.45) is 1.23. The molecule has 0 saturated heterocycles. The number of halogens is 1. The molecule has 4 aromatic rings. The number of aromatic nitrogens is 1. The molecule has 2 N–H and O–H groups in total. The lowest BCUT2D eigenvalue weighted by Crippen LogP contribution is -2.19. The third-order valence-corrected chi connectivity index (χ3v) is 7.36. The van der Waals surface area contributed by atoms with Gasteiger partial charge < -0.3 is 14.5 Å². The number of pyridine rings is 1. The molecular weight excluding hydrogens is 523 g/mol. The zero-order valence-corrected chi connectivity index (χ0v) is 22.3. The molecule has 39 heavy (non-hydrogen) atoms. The van der Waals surface area contributed by atoms with Gasteiger partial charge in [-0.1, -0.05) is 19.1 Å². The number of carbonyl (C=O) groups is 1. The number of ether oxygens (including phenoxy) is 1. The molecule has 0 aliphatic rings. The first-order valence-electron chi connectivity index (χ1n) is 12.3. The van der Waals surface area contributed by atoms with Gasteiger partial charge in [0.25, 0.3) is 5.91 Å². The molecule has 0 aliphatic heterocycles. The van der Waals surface area contributed by atoms with Crippen LogP contribution in [-0.2, 0) is 16.4 Å². The number of anilines is 1. The second kappa shape index (κ2) is 12.0. The van der Waals surface area contributed by atoms with Gasteiger partial charge >= 0.3 is 0 Å². The summed E-state index contributed by atoms with van der Waals surface area (Å²) in [5, 5.41) is 12.1. The molecule has 0 fully saturated rings. The Bertz CT molecular complexity index is 1640. The molecule has 0 aliphatic carbocycles. The van der Waals surface area contributed by atoms with E-state index < -0.39 is 21.7 Å². The topological polar surface area (TPSA) is 134 Å². The number of aryl methyl sites for hydroxylation is 1. The lowest BCUT2D eigenvalue weighted by atomic mass is 10.0. The van der Waals surface area contributed by atoms with Crippen LogP contribution in [0.4, 0.5) is 10.2 Å². The highest BCUT2D eigenvalue weighted by molar-refractivity contribution is 7.92. The van der Waals surface area contributed by atoms with Crippen LogP contribution in [0.25, 0.3) is 22.4 Å². The number of fused-ring (bicyclic) bond motifs is 1. The predicted octanol–water partition coefficient (Wildman–Crippen LogP) is 5.03. The first-order valence-corrected chi connectivity index (χ1v) is 14.0. The van der Waals surface area contributed by atoms with Crippen LogP contribution in [0.5, 0.6) is 5.75 Å². The molecule has 0 atom stereocenters. The van der Waals surface area contributed by atoms with E-state index in [1.807, 2.05) is 6.92 Å². The van der Waals surface area contributed by atoms with Gasteiger partial charge in [0.1, 0.15) is 29.2 Å². The van der Waals surface area contributed by atoms with Gasteiger partial charge in [0.05, 0.1) is 28.9 Å². The van der Waals surface area contributed by atoms with Crippen molar-refractivity contribution in [2.24, 2.45) is 0 Å². The summed E-state index contributed by atoms with van der Waals surface area (Å²) in [7, 11) is -2.27. The van der Waals surface area contributed by atoms with Crippen LogP contribution in [0.3, 0.4) is 0 Å². The Morgan fingerprint density at radius 2 is 1.90 bits per heavy atom. The van der Waals surface area contributed by atoms with Crippen molar-refractivity contribution in [3.63, 3.8) is 0 Å². The molecule has 2 heterocycles. The number of nitrogens with zero attached hydrogens (tertiary/aromatic N) is 2. The highest BCUT2D eigenvalue weighted by atomic mass is 32.2. The number of unbranched alkanes of at least 4 members (excludes halogenated alkanes) is 1. The SMILES string of the molecule is CCc1cc2c(C(=O)NC)c(-c3ccc(F)cc3)oc2nc1NS(=O)(=O)CCCCOc1ccccc1C#N. The lowest BCUT2D eigenvalue weighted by Gasteiger charge is -2.11. The number of furan rings is 1. The molecule has 0 bridgehead atoms. The minimum atomic E-state index is -3.76. The van der Waals surface area contributed by atoms with Crippen molar-refractivity contribution in [3.05, 3.63) is 77.1 Å². The zero-order chi connectivity index (χ0) is 28.0. The van der Waals surface area contributed by atoms with Crippen molar-refractivity contribution < 1.29 is 26.8 Å². The fraction of sp³-hybridized carbons (Fsp3) is 0.250. The summed E-state index contributed by atoms with van der Waals surface area (Å²) in [6, 6.07) is 16.1. The summed E-state index contributed by atoms with van der Waals surface area (Å²) < 4.78 is 53.2. The van der Waals surface area contributed by atoms with Gasteiger partial charge in [0.2, 0.25) is 15.7 Å². The molecule has 202 valence electrons. The standard InChI is InChI=1S/C28H27FN4O5S/c1-3-18-16-22-24(27(34)31-2)25(19-10-12-21(29)13-11-19)38-28(22)32-26(18)33-39(35,36)15-7-6-14-37-23-9-5-4-8-20(23)17-30/h4-5,8-13,16H,3,6-7,14-15H2,1-2H3,(H,31,34)(H,32,33). The highest BCUT2D eigenvalue weighted by Gasteiger charge is 2.25. The van der Waals surface area contributed by atoms with Gasteiger partial charge in [0.15, 0.2) is 0 Å². The van der Waals surface area contributed by atoms with E-state index in [4.69, 9.17) is 14.4 Å². The fourth-order valence-corrected chi connectivity index (χ4v) is 5.19. The third kappa shape index (κ3) is 6.35. The second-order valence-electron chi connectivity index (χ2n) is 8.68. The van der Waals surface area contributed by atoms with Gasteiger partial charge in [-0.05, 0) is 67.3 Å². The van der Waals surface area contributed by atoms with E-state index in [0.717, 1.165) is 0 Å². The Labute approximate surface area is 225 Å². The molecule has 4 rings (SSSR count). The van der Waals surface area contributed by atoms with Crippen molar-refractivity contribution in [1.82, 2.24) is 10.3 Å². The van der Waals surface area contributed by atoms with E-state index in [2.05, 4.69) is 21.1 Å². The first-order chi connectivity index (χ1) is 18.8. The van der Waals surface area contributed by atoms with E-state index in [-0.39, 0.29) is 35.2 Å². The molecule has 2 aromatic heterocycles. The predicted molar refractivity (Wildman–Crippen MR) is 145 cm³/mol. The van der Waals surface area contributed by atoms with Crippen molar-refractivity contribution in [2.45, 2.75) is 26.2 Å². The Kier molecular flexibility index (Phi) is 8.46. The Morgan fingerprint density at radius 1 is 1.15 bits per heavy atom. The number of para-hydroxylation sites is 1. The van der Waals surface area contributed by atoms with E-state index in [1.54, 1.807) is 30.3 Å². The third-order valence-electron chi connectivity index (χ3n) is 6.03. The summed E-state index contributed by atoms with van der Waals surface area (Å²) in [6.45, 7) is 2.11. The number of rotatable bonds is 11. The molecule has 11 heteroatoms. The van der Waals surface area contributed by atoms with Crippen molar-refractivity contribution in [1.29, 1.82) is 5.26 Å². The number of sulfonamides is 1. The van der Waals surface area contributed by atoms with Crippen LogP contribution in [-0.4, -0.2) is 38.7 Å². The molecule has 1 amide bonds. The number of amides is 1. The largest absolute Gasteiger partial charge is 0.492 e. The number of nitrogens with one attached hydrogen (secondary N) is 2. The van der Waals surface area contributed by atoms with Crippen molar-refractivity contribution in [2.75, 3.05) is 24.1 Å². The molecule has 0 spiro atoms. The van der Waals surface area contributed by atoms with E-state index in [9.17, 15) is 17.6 Å². The molecule has 9 nitrogen and oxygen atoms in total. The van der Waals surface area contributed by atoms with E-state index >= 15 is 0 Å². The smallest absolute Gasteiger partial charge is 0.255 e. The quantitative estimate of drug-likeness (QED) is 0.250. The van der Waals surface area contributed by atoms with Crippen LogP contribution in [0.2, 0.25) is 0 Å². The fourth-order valence-electron chi connectivity index (χ4n) is 4.04. The number of hydrogen-bond donors (Lipinski definition) is 2. The van der Waals surface area contributed by atoms with Gasteiger partial charge in [-0.3, -0.25) is 9.52 Å². The summed E-state index contributed by atoms with van der Waals surface area (Å²) in [4.78, 5) is 17.2. The van der Waals surface area contributed by atoms with E-state index in [1.165, 1.54) is 31.3 Å². The minimum Gasteiger partial charge on any atom is -0.492 e. The number of benzene rings is 2. The molecule has 0 radical (unpaired) electrons. The lowest BCUT2D eigenvalue weighted by molar-refractivity contribution is 0.0964. The first kappa shape index (κ1) is 27.6. The van der Waals surface area contributed by atoms with Gasteiger partial charge in [-0.25, -0.2) is 12.8 Å². The van der Waals surface area contributed by atoms with Crippen molar-refractivity contribution in [3.8, 4) is 23.1 Å². The van der Waals surface area contributed by atoms with Crippen LogP contribution < -0.4 is 14.8 Å². The molecule has 2 aromatic carbocycles. The maximum Gasteiger partial charge on any atom is 0.255 e. The monoisotopic (exact) mass is 550 g/mol. The summed E-state index contributed by atoms with van der Waals surface area (Å²) >= 11 is 0. The van der Waals surface area contributed by atoms with Gasteiger partial charge in [0, 0.05) is 12.6 Å². The summed E-state index contributed by atoms with van der Waals surface area (Å²) in [5.41, 5.74) is 1.79. The zero-order valence-electron chi connectivity index (χ0n) is 21.5. The maximum absolute atomic E-state index is 13.5. The maximum atomic E-state index is 13.5. The number of carbonyl (C=O) groups excluding carboxylic acids is 1. The summed E-state index contributed by atoms with van der Waals surface area (Å²) in [5.74, 6) is -0.228. The average molecular weight is 551 g/mol. The van der Waals surface area contributed by atoms with Gasteiger partial charge in [-0.15, -0.1) is 0 Å². The average Bonchev–Trinajstić information content (AvgIpc) is 3.30. The molecule has 0 saturated carbocycles. The van der Waals surface area contributed by atoms with Crippen LogP contribution in [0, 0.1) is 17.1 Å².